The Kier molecular flexibility index (Phi) is 8.98. The first-order valence-electron chi connectivity index (χ1n) is 12.7. The maximum Gasteiger partial charge on any atom is 0.259 e. The van der Waals surface area contributed by atoms with Crippen molar-refractivity contribution in [2.24, 2.45) is 0 Å². The number of benzene rings is 2. The molecule has 0 bridgehead atoms. The third kappa shape index (κ3) is 5.74. The summed E-state index contributed by atoms with van der Waals surface area (Å²) in [6.07, 6.45) is -3.07. The lowest BCUT2D eigenvalue weighted by Crippen LogP contribution is -2.64. The van der Waals surface area contributed by atoms with Gasteiger partial charge in [-0.2, -0.15) is 5.26 Å². The number of aliphatic hydroxyl groups excluding tert-OH is 3. The molecule has 1 aliphatic heterocycles. The van der Waals surface area contributed by atoms with Crippen LogP contribution in [0, 0.1) is 11.3 Å². The lowest BCUT2D eigenvalue weighted by atomic mass is 9.85. The van der Waals surface area contributed by atoms with Gasteiger partial charge in [-0.25, -0.2) is 4.68 Å². The molecule has 7 atom stereocenters. The Morgan fingerprint density at radius 3 is 2.63 bits per heavy atom. The summed E-state index contributed by atoms with van der Waals surface area (Å²) in [6.45, 7) is -0.590. The number of nitriles is 1. The fourth-order valence-electron chi connectivity index (χ4n) is 5.23. The van der Waals surface area contributed by atoms with Crippen molar-refractivity contribution in [2.75, 3.05) is 18.6 Å². The van der Waals surface area contributed by atoms with E-state index in [0.29, 0.717) is 49.9 Å². The molecule has 2 fully saturated rings. The number of amides is 1. The van der Waals surface area contributed by atoms with Gasteiger partial charge in [0.05, 0.1) is 46.6 Å². The maximum atomic E-state index is 14.3. The topological polar surface area (TPSA) is 154 Å². The van der Waals surface area contributed by atoms with Gasteiger partial charge in [0.15, 0.2) is 6.10 Å². The molecule has 1 saturated carbocycles. The van der Waals surface area contributed by atoms with Crippen LogP contribution in [0.4, 0.5) is 5.69 Å². The molecular formula is C27H26BrCl2N5O6. The Labute approximate surface area is 253 Å². The van der Waals surface area contributed by atoms with Crippen molar-refractivity contribution in [3.63, 3.8) is 0 Å². The lowest BCUT2D eigenvalue weighted by Gasteiger charge is -2.47. The van der Waals surface area contributed by atoms with Gasteiger partial charge < -0.3 is 29.7 Å². The first-order valence-corrected chi connectivity index (χ1v) is 14.3. The van der Waals surface area contributed by atoms with E-state index in [9.17, 15) is 25.4 Å². The normalized spacial score (nSPS) is 27.6. The Morgan fingerprint density at radius 2 is 2.02 bits per heavy atom. The van der Waals surface area contributed by atoms with Crippen LogP contribution in [-0.2, 0) is 14.3 Å². The van der Waals surface area contributed by atoms with Crippen LogP contribution in [0.15, 0.2) is 47.1 Å². The van der Waals surface area contributed by atoms with E-state index in [1.54, 1.807) is 42.6 Å². The fourth-order valence-corrected chi connectivity index (χ4v) is 6.01. The zero-order valence-corrected chi connectivity index (χ0v) is 24.7. The summed E-state index contributed by atoms with van der Waals surface area (Å²) < 4.78 is 13.7. The van der Waals surface area contributed by atoms with Crippen LogP contribution in [0.25, 0.3) is 11.3 Å². The van der Waals surface area contributed by atoms with Gasteiger partial charge >= 0.3 is 0 Å². The van der Waals surface area contributed by atoms with Crippen LogP contribution >= 0.6 is 39.1 Å². The number of anilines is 1. The molecule has 216 valence electrons. The first kappa shape index (κ1) is 29.9. The van der Waals surface area contributed by atoms with Crippen molar-refractivity contribution < 1.29 is 29.6 Å². The van der Waals surface area contributed by atoms with Gasteiger partial charge in [-0.3, -0.25) is 4.79 Å². The molecular weight excluding hydrogens is 641 g/mol. The molecule has 2 aromatic carbocycles. The summed E-state index contributed by atoms with van der Waals surface area (Å²) in [5, 5.41) is 50.5. The molecule has 41 heavy (non-hydrogen) atoms. The van der Waals surface area contributed by atoms with Crippen LogP contribution in [0.3, 0.4) is 0 Å². The third-order valence-corrected chi connectivity index (χ3v) is 8.67. The van der Waals surface area contributed by atoms with Gasteiger partial charge in [-0.1, -0.05) is 50.4 Å². The van der Waals surface area contributed by atoms with Crippen molar-refractivity contribution in [3.8, 4) is 17.3 Å². The van der Waals surface area contributed by atoms with Crippen molar-refractivity contribution in [1.82, 2.24) is 15.0 Å². The summed E-state index contributed by atoms with van der Waals surface area (Å²) in [5.74, 6) is -0.567. The van der Waals surface area contributed by atoms with E-state index >= 15 is 0 Å². The van der Waals surface area contributed by atoms with E-state index in [1.807, 2.05) is 0 Å². The number of hydrogen-bond acceptors (Lipinski definition) is 9. The van der Waals surface area contributed by atoms with Gasteiger partial charge in [0.25, 0.3) is 5.91 Å². The largest absolute Gasteiger partial charge is 0.394 e. The average molecular weight is 667 g/mol. The number of methoxy groups -OCH3 is 1. The Balaban J connectivity index is 1.53. The number of aliphatic hydroxyl groups is 3. The maximum absolute atomic E-state index is 14.3. The summed E-state index contributed by atoms with van der Waals surface area (Å²) in [6, 6.07) is 10.3. The second-order valence-corrected chi connectivity index (χ2v) is 11.6. The monoisotopic (exact) mass is 665 g/mol. The predicted octanol–water partition coefficient (Wildman–Crippen LogP) is 3.12. The van der Waals surface area contributed by atoms with E-state index < -0.39 is 55.1 Å². The first-order chi connectivity index (χ1) is 19.7. The van der Waals surface area contributed by atoms with Gasteiger partial charge in [0.1, 0.15) is 30.0 Å². The highest BCUT2D eigenvalue weighted by Gasteiger charge is 2.52. The lowest BCUT2D eigenvalue weighted by molar-refractivity contribution is -0.211. The zero-order chi connectivity index (χ0) is 29.4. The smallest absolute Gasteiger partial charge is 0.259 e. The van der Waals surface area contributed by atoms with Crippen molar-refractivity contribution in [1.29, 1.82) is 5.26 Å². The highest BCUT2D eigenvalue weighted by atomic mass is 79.9. The Morgan fingerprint density at radius 1 is 1.24 bits per heavy atom. The van der Waals surface area contributed by atoms with Crippen LogP contribution < -0.4 is 4.90 Å². The van der Waals surface area contributed by atoms with Crippen molar-refractivity contribution >= 4 is 50.7 Å². The predicted molar refractivity (Wildman–Crippen MR) is 152 cm³/mol. The number of carbonyl (C=O) groups excluding carboxylic acids is 1. The Hall–Kier alpha value is -2.60. The van der Waals surface area contributed by atoms with Crippen LogP contribution in [0.2, 0.25) is 10.0 Å². The number of halogens is 3. The molecule has 1 aliphatic carbocycles. The van der Waals surface area contributed by atoms with Crippen LogP contribution in [-0.4, -0.2) is 86.5 Å². The molecule has 0 radical (unpaired) electrons. The second-order valence-electron chi connectivity index (χ2n) is 9.90. The number of carbonyl (C=O) groups is 1. The number of aromatic nitrogens is 3. The number of hydrogen-bond donors (Lipinski definition) is 3. The van der Waals surface area contributed by atoms with Gasteiger partial charge in [-0.05, 0) is 43.2 Å². The third-order valence-electron chi connectivity index (χ3n) is 7.48. The Bertz CT molecular complexity index is 1480. The molecule has 5 unspecified atom stereocenters. The zero-order valence-electron chi connectivity index (χ0n) is 21.6. The molecule has 2 aliphatic rings. The van der Waals surface area contributed by atoms with E-state index in [1.165, 1.54) is 16.7 Å². The molecule has 1 amide bonds. The molecule has 0 spiro atoms. The average Bonchev–Trinajstić information content (AvgIpc) is 3.45. The molecule has 3 aromatic rings. The quantitative estimate of drug-likeness (QED) is 0.345. The fraction of sp³-hybridized carbons (Fsp3) is 0.407. The molecule has 5 rings (SSSR count). The number of ether oxygens (including phenoxy) is 2. The van der Waals surface area contributed by atoms with Gasteiger partial charge in [-0.15, -0.1) is 5.10 Å². The number of rotatable bonds is 7. The van der Waals surface area contributed by atoms with Crippen molar-refractivity contribution in [3.05, 3.63) is 62.7 Å². The minimum absolute atomic E-state index is 0.313. The van der Waals surface area contributed by atoms with Crippen LogP contribution in [0.1, 0.15) is 24.4 Å². The van der Waals surface area contributed by atoms with Gasteiger partial charge in [0, 0.05) is 22.8 Å². The number of nitrogens with zero attached hydrogens (tertiary/aromatic N) is 5. The minimum atomic E-state index is -1.32. The van der Waals surface area contributed by atoms with E-state index in [4.69, 9.17) is 32.7 Å². The standard InChI is InChI=1S/C27H26BrCl2N5O6/c1-40-25-23(34-11-19(32-33-34)14-2-3-17(29)18(30)8-14)24(38)22(12-36)41-26(25)27(39)35(20-4-5-21(20)37)16-7-13(10-31)6-15(28)9-16/h2-3,6-9,11,20-26,36-38H,4-5,12H2,1H3/t20-,21-,22?,23?,24?,25?,26?/m0/s1. The summed E-state index contributed by atoms with van der Waals surface area (Å²) in [7, 11) is 1.37. The molecule has 11 nitrogen and oxygen atoms in total. The SMILES string of the molecule is COC1C(C(=O)N(c2cc(Br)cc(C#N)c2)[C@H]2CC[C@@H]2O)OC(CO)C(O)C1n1cc(-c2ccc(Cl)c(Cl)c2)nn1. The molecule has 1 saturated heterocycles. The van der Waals surface area contributed by atoms with E-state index in [-0.39, 0.29) is 0 Å². The molecule has 1 aromatic heterocycles. The molecule has 3 N–H and O–H groups in total. The second kappa shape index (κ2) is 12.3. The minimum Gasteiger partial charge on any atom is -0.394 e. The summed E-state index contributed by atoms with van der Waals surface area (Å²) in [4.78, 5) is 15.7. The highest BCUT2D eigenvalue weighted by molar-refractivity contribution is 9.10. The molecule has 14 heteroatoms. The van der Waals surface area contributed by atoms with Gasteiger partial charge in [0.2, 0.25) is 0 Å². The highest BCUT2D eigenvalue weighted by Crippen LogP contribution is 2.38. The summed E-state index contributed by atoms with van der Waals surface area (Å²) in [5.41, 5.74) is 1.75. The van der Waals surface area contributed by atoms with E-state index in [0.717, 1.165) is 0 Å². The van der Waals surface area contributed by atoms with Crippen molar-refractivity contribution in [2.45, 2.75) is 55.4 Å². The van der Waals surface area contributed by atoms with Crippen LogP contribution in [0.5, 0.6) is 0 Å². The summed E-state index contributed by atoms with van der Waals surface area (Å²) >= 11 is 15.6. The molecule has 2 heterocycles. The van der Waals surface area contributed by atoms with E-state index in [2.05, 4.69) is 32.3 Å².